The summed E-state index contributed by atoms with van der Waals surface area (Å²) in [5, 5.41) is 2.64. The highest BCUT2D eigenvalue weighted by molar-refractivity contribution is 7.84. The highest BCUT2D eigenvalue weighted by atomic mass is 32.2. The topological polar surface area (TPSA) is 66.5 Å². The van der Waals surface area contributed by atoms with Gasteiger partial charge in [-0.25, -0.2) is 0 Å². The number of nitrogens with one attached hydrogen (secondary N) is 1. The molecule has 0 spiro atoms. The van der Waals surface area contributed by atoms with Crippen molar-refractivity contribution in [3.63, 3.8) is 0 Å². The molecule has 1 aliphatic heterocycles. The Morgan fingerprint density at radius 3 is 2.53 bits per heavy atom. The Kier molecular flexibility index (Phi) is 4.68. The number of carbonyl (C=O) groups is 2. The van der Waals surface area contributed by atoms with Crippen LogP contribution in [0.3, 0.4) is 0 Å². The predicted molar refractivity (Wildman–Crippen MR) is 66.9 cm³/mol. The predicted octanol–water partition coefficient (Wildman–Crippen LogP) is -0.121. The third kappa shape index (κ3) is 3.28. The monoisotopic (exact) mass is 260 g/mol. The molecule has 1 rings (SSSR count). The second-order valence-electron chi connectivity index (χ2n) is 4.57. The van der Waals surface area contributed by atoms with E-state index in [1.54, 1.807) is 25.0 Å². The molecule has 1 fully saturated rings. The van der Waals surface area contributed by atoms with Crippen molar-refractivity contribution >= 4 is 22.6 Å². The molecule has 1 saturated heterocycles. The van der Waals surface area contributed by atoms with Crippen molar-refractivity contribution in [2.24, 2.45) is 0 Å². The lowest BCUT2D eigenvalue weighted by atomic mass is 10.1. The first-order valence-electron chi connectivity index (χ1n) is 5.77. The van der Waals surface area contributed by atoms with Gasteiger partial charge in [-0.15, -0.1) is 0 Å². The van der Waals surface area contributed by atoms with Gasteiger partial charge in [0.2, 0.25) is 11.8 Å². The Hall–Kier alpha value is -0.910. The minimum atomic E-state index is -0.869. The summed E-state index contributed by atoms with van der Waals surface area (Å²) < 4.78 is 11.1. The molecule has 4 atom stereocenters. The molecular weight excluding hydrogens is 240 g/mol. The van der Waals surface area contributed by atoms with E-state index in [0.29, 0.717) is 12.2 Å². The number of piperazine rings is 1. The molecule has 1 aliphatic rings. The van der Waals surface area contributed by atoms with Gasteiger partial charge in [-0.2, -0.15) is 0 Å². The van der Waals surface area contributed by atoms with Gasteiger partial charge in [0, 0.05) is 28.9 Å². The van der Waals surface area contributed by atoms with Crippen LogP contribution in [0.25, 0.3) is 0 Å². The summed E-state index contributed by atoms with van der Waals surface area (Å²) in [5.41, 5.74) is 0. The summed E-state index contributed by atoms with van der Waals surface area (Å²) in [4.78, 5) is 25.2. The molecule has 17 heavy (non-hydrogen) atoms. The van der Waals surface area contributed by atoms with Crippen LogP contribution in [0.1, 0.15) is 27.2 Å². The van der Waals surface area contributed by atoms with Crippen molar-refractivity contribution in [1.82, 2.24) is 10.2 Å². The Balaban J connectivity index is 2.74. The van der Waals surface area contributed by atoms with Crippen LogP contribution in [0.15, 0.2) is 0 Å². The van der Waals surface area contributed by atoms with Crippen molar-refractivity contribution in [3.8, 4) is 0 Å². The fourth-order valence-electron chi connectivity index (χ4n) is 2.01. The van der Waals surface area contributed by atoms with E-state index in [-0.39, 0.29) is 17.9 Å². The molecule has 2 amide bonds. The molecule has 0 bridgehead atoms. The summed E-state index contributed by atoms with van der Waals surface area (Å²) in [6.07, 6.45) is 2.29. The maximum atomic E-state index is 12.0. The van der Waals surface area contributed by atoms with Crippen molar-refractivity contribution in [3.05, 3.63) is 0 Å². The lowest BCUT2D eigenvalue weighted by molar-refractivity contribution is -0.150. The third-order valence-corrected chi connectivity index (χ3v) is 3.89. The number of hydrogen-bond donors (Lipinski definition) is 1. The van der Waals surface area contributed by atoms with E-state index >= 15 is 0 Å². The lowest BCUT2D eigenvalue weighted by Gasteiger charge is -2.40. The largest absolute Gasteiger partial charge is 0.343 e. The maximum absolute atomic E-state index is 12.0. The number of nitrogens with zero attached hydrogens (tertiary/aromatic N) is 1. The molecule has 0 aromatic carbocycles. The Morgan fingerprint density at radius 2 is 2.00 bits per heavy atom. The van der Waals surface area contributed by atoms with Gasteiger partial charge in [0.25, 0.3) is 0 Å². The zero-order valence-electron chi connectivity index (χ0n) is 10.7. The van der Waals surface area contributed by atoms with Crippen molar-refractivity contribution < 1.29 is 13.8 Å². The molecule has 1 heterocycles. The van der Waals surface area contributed by atoms with E-state index in [9.17, 15) is 13.8 Å². The van der Waals surface area contributed by atoms with Crippen molar-refractivity contribution in [1.29, 1.82) is 0 Å². The van der Waals surface area contributed by atoms with E-state index in [0.717, 1.165) is 0 Å². The molecule has 5 nitrogen and oxygen atoms in total. The number of amides is 2. The quantitative estimate of drug-likeness (QED) is 0.766. The molecule has 0 aromatic rings. The highest BCUT2D eigenvalue weighted by Crippen LogP contribution is 2.16. The first-order chi connectivity index (χ1) is 7.84. The number of rotatable bonds is 4. The van der Waals surface area contributed by atoms with E-state index in [4.69, 9.17) is 0 Å². The molecule has 0 saturated carbocycles. The van der Waals surface area contributed by atoms with Crippen LogP contribution in [-0.4, -0.2) is 51.1 Å². The molecule has 0 radical (unpaired) electrons. The van der Waals surface area contributed by atoms with Crippen LogP contribution in [0.2, 0.25) is 0 Å². The van der Waals surface area contributed by atoms with Gasteiger partial charge in [0.15, 0.2) is 0 Å². The summed E-state index contributed by atoms with van der Waals surface area (Å²) >= 11 is 0. The number of carbonyl (C=O) groups excluding carboxylic acids is 2. The molecular formula is C11H20N2O3S. The summed E-state index contributed by atoms with van der Waals surface area (Å²) in [6.45, 7) is 5.30. The minimum Gasteiger partial charge on any atom is -0.343 e. The van der Waals surface area contributed by atoms with Crippen LogP contribution >= 0.6 is 0 Å². The van der Waals surface area contributed by atoms with E-state index in [1.165, 1.54) is 0 Å². The first-order valence-corrected chi connectivity index (χ1v) is 7.50. The molecule has 98 valence electrons. The lowest BCUT2D eigenvalue weighted by Crippen LogP contribution is -2.63. The fraction of sp³-hybridized carbons (Fsp3) is 0.818. The smallest absolute Gasteiger partial charge is 0.245 e. The standard InChI is InChI=1S/C11H20N2O3S/c1-7(5-6-17(4)16)13-9(3)10(14)12-8(2)11(13)15/h7-9H,5-6H2,1-4H3,(H,12,14). The Morgan fingerprint density at radius 1 is 1.41 bits per heavy atom. The van der Waals surface area contributed by atoms with Gasteiger partial charge >= 0.3 is 0 Å². The maximum Gasteiger partial charge on any atom is 0.245 e. The summed E-state index contributed by atoms with van der Waals surface area (Å²) in [5.74, 6) is 0.362. The van der Waals surface area contributed by atoms with E-state index in [2.05, 4.69) is 5.32 Å². The fourth-order valence-corrected chi connectivity index (χ4v) is 2.68. The van der Waals surface area contributed by atoms with Crippen molar-refractivity contribution in [2.45, 2.75) is 45.3 Å². The summed E-state index contributed by atoms with van der Waals surface area (Å²) in [7, 11) is -0.869. The van der Waals surface area contributed by atoms with Crippen LogP contribution in [0.4, 0.5) is 0 Å². The molecule has 0 aliphatic carbocycles. The molecule has 0 aromatic heterocycles. The van der Waals surface area contributed by atoms with Crippen LogP contribution in [-0.2, 0) is 20.4 Å². The van der Waals surface area contributed by atoms with Gasteiger partial charge < -0.3 is 10.2 Å². The highest BCUT2D eigenvalue weighted by Gasteiger charge is 2.38. The zero-order valence-corrected chi connectivity index (χ0v) is 11.5. The average molecular weight is 260 g/mol. The van der Waals surface area contributed by atoms with Crippen LogP contribution in [0.5, 0.6) is 0 Å². The molecule has 6 heteroatoms. The van der Waals surface area contributed by atoms with Gasteiger partial charge in [-0.3, -0.25) is 13.8 Å². The van der Waals surface area contributed by atoms with Crippen LogP contribution in [0, 0.1) is 0 Å². The van der Waals surface area contributed by atoms with E-state index < -0.39 is 22.9 Å². The van der Waals surface area contributed by atoms with Gasteiger partial charge in [-0.05, 0) is 27.2 Å². The molecule has 1 N–H and O–H groups in total. The minimum absolute atomic E-state index is 0.0603. The Bertz CT molecular complexity index is 346. The second-order valence-corrected chi connectivity index (χ2v) is 6.12. The van der Waals surface area contributed by atoms with Crippen molar-refractivity contribution in [2.75, 3.05) is 12.0 Å². The van der Waals surface area contributed by atoms with Gasteiger partial charge in [0.1, 0.15) is 12.1 Å². The zero-order chi connectivity index (χ0) is 13.2. The third-order valence-electron chi connectivity index (χ3n) is 3.08. The number of hydrogen-bond acceptors (Lipinski definition) is 3. The van der Waals surface area contributed by atoms with Crippen LogP contribution < -0.4 is 5.32 Å². The van der Waals surface area contributed by atoms with E-state index in [1.807, 2.05) is 6.92 Å². The SMILES string of the molecule is CC1NC(=O)C(C)N(C(C)CCS(C)=O)C1=O. The van der Waals surface area contributed by atoms with Gasteiger partial charge in [0.05, 0.1) is 0 Å². The second kappa shape index (κ2) is 5.62. The average Bonchev–Trinajstić information content (AvgIpc) is 2.24. The molecule has 4 unspecified atom stereocenters. The Labute approximate surface area is 104 Å². The summed E-state index contributed by atoms with van der Waals surface area (Å²) in [6, 6.07) is -0.970. The van der Waals surface area contributed by atoms with Gasteiger partial charge in [-0.1, -0.05) is 0 Å². The first kappa shape index (κ1) is 14.2. The normalized spacial score (nSPS) is 28.8.